The zero-order valence-electron chi connectivity index (χ0n) is 13.3. The Bertz CT molecular complexity index is 853. The average Bonchev–Trinajstić information content (AvgIpc) is 2.64. The molecule has 1 heterocycles. The fraction of sp³-hybridized carbons (Fsp3) is 0.294. The van der Waals surface area contributed by atoms with Gasteiger partial charge in [0.1, 0.15) is 0 Å². The van der Waals surface area contributed by atoms with Crippen LogP contribution in [0.2, 0.25) is 0 Å². The Morgan fingerprint density at radius 3 is 2.52 bits per heavy atom. The summed E-state index contributed by atoms with van der Waals surface area (Å²) in [6.45, 7) is 1.47. The highest BCUT2D eigenvalue weighted by Crippen LogP contribution is 2.26. The van der Waals surface area contributed by atoms with Gasteiger partial charge in [-0.1, -0.05) is 12.1 Å². The van der Waals surface area contributed by atoms with Crippen molar-refractivity contribution in [2.45, 2.75) is 15.5 Å². The first kappa shape index (κ1) is 18.3. The lowest BCUT2D eigenvalue weighted by molar-refractivity contribution is 0.0730. The van der Waals surface area contributed by atoms with E-state index in [1.54, 1.807) is 18.2 Å². The van der Waals surface area contributed by atoms with Crippen molar-refractivity contribution in [1.82, 2.24) is 4.31 Å². The Morgan fingerprint density at radius 2 is 1.80 bits per heavy atom. The lowest BCUT2D eigenvalue weighted by atomic mass is 10.2. The molecule has 3 rings (SSSR count). The fourth-order valence-corrected chi connectivity index (χ4v) is 4.81. The number of halogens is 2. The number of ether oxygens (including phenoxy) is 1. The minimum Gasteiger partial charge on any atom is -0.379 e. The largest absolute Gasteiger partial charge is 0.379 e. The van der Waals surface area contributed by atoms with Gasteiger partial charge in [0.2, 0.25) is 10.0 Å². The average molecular weight is 385 g/mol. The molecule has 25 heavy (non-hydrogen) atoms. The van der Waals surface area contributed by atoms with Crippen LogP contribution in [0.25, 0.3) is 0 Å². The van der Waals surface area contributed by atoms with Crippen LogP contribution in [0, 0.1) is 11.6 Å². The molecule has 2 aromatic rings. The maximum Gasteiger partial charge on any atom is 0.243 e. The van der Waals surface area contributed by atoms with Crippen molar-refractivity contribution in [2.24, 2.45) is 0 Å². The SMILES string of the molecule is O=S(=O)(c1cccc(CSc2ccc(F)c(F)c2)c1)N1CCOCC1. The smallest absolute Gasteiger partial charge is 0.243 e. The molecule has 2 aromatic carbocycles. The molecule has 8 heteroatoms. The second-order valence-corrected chi connectivity index (χ2v) is 8.52. The molecule has 0 unspecified atom stereocenters. The summed E-state index contributed by atoms with van der Waals surface area (Å²) >= 11 is 1.32. The lowest BCUT2D eigenvalue weighted by Crippen LogP contribution is -2.40. The number of hydrogen-bond acceptors (Lipinski definition) is 4. The molecule has 1 fully saturated rings. The van der Waals surface area contributed by atoms with Crippen LogP contribution in [0.3, 0.4) is 0 Å². The van der Waals surface area contributed by atoms with E-state index in [2.05, 4.69) is 0 Å². The summed E-state index contributed by atoms with van der Waals surface area (Å²) in [5.41, 5.74) is 0.795. The number of hydrogen-bond donors (Lipinski definition) is 0. The second kappa shape index (κ2) is 7.82. The first-order valence-electron chi connectivity index (χ1n) is 7.71. The molecule has 1 saturated heterocycles. The number of morpholine rings is 1. The van der Waals surface area contributed by atoms with Crippen LogP contribution in [0.15, 0.2) is 52.3 Å². The van der Waals surface area contributed by atoms with Gasteiger partial charge in [0, 0.05) is 23.7 Å². The third kappa shape index (κ3) is 4.38. The monoisotopic (exact) mass is 385 g/mol. The van der Waals surface area contributed by atoms with Gasteiger partial charge in [-0.05, 0) is 35.9 Å². The molecular weight excluding hydrogens is 368 g/mol. The summed E-state index contributed by atoms with van der Waals surface area (Å²) in [6, 6.07) is 10.4. The van der Waals surface area contributed by atoms with Gasteiger partial charge in [0.25, 0.3) is 0 Å². The molecule has 0 N–H and O–H groups in total. The molecule has 1 aliphatic rings. The van der Waals surface area contributed by atoms with Gasteiger partial charge < -0.3 is 4.74 Å². The predicted molar refractivity (Wildman–Crippen MR) is 91.9 cm³/mol. The quantitative estimate of drug-likeness (QED) is 0.741. The Labute approximate surface area is 149 Å². The van der Waals surface area contributed by atoms with E-state index in [4.69, 9.17) is 4.74 Å². The van der Waals surface area contributed by atoms with Crippen molar-refractivity contribution in [3.05, 3.63) is 59.7 Å². The molecule has 0 spiro atoms. The Balaban J connectivity index is 1.73. The summed E-state index contributed by atoms with van der Waals surface area (Å²) in [5.74, 6) is -1.33. The number of thioether (sulfide) groups is 1. The third-order valence-corrected chi connectivity index (χ3v) is 6.76. The van der Waals surface area contributed by atoms with Gasteiger partial charge in [-0.2, -0.15) is 4.31 Å². The van der Waals surface area contributed by atoms with Crippen molar-refractivity contribution in [3.8, 4) is 0 Å². The Kier molecular flexibility index (Phi) is 5.73. The van der Waals surface area contributed by atoms with E-state index in [1.165, 1.54) is 22.1 Å². The molecule has 134 valence electrons. The summed E-state index contributed by atoms with van der Waals surface area (Å²) in [7, 11) is -3.55. The minimum absolute atomic E-state index is 0.234. The van der Waals surface area contributed by atoms with Crippen LogP contribution in [-0.4, -0.2) is 39.0 Å². The summed E-state index contributed by atoms with van der Waals surface area (Å²) in [6.07, 6.45) is 0. The molecule has 0 amide bonds. The first-order valence-corrected chi connectivity index (χ1v) is 10.1. The standard InChI is InChI=1S/C17H17F2NO3S2/c18-16-5-4-14(11-17(16)19)24-12-13-2-1-3-15(10-13)25(21,22)20-6-8-23-9-7-20/h1-5,10-11H,6-9,12H2. The van der Waals surface area contributed by atoms with Crippen molar-refractivity contribution in [3.63, 3.8) is 0 Å². The normalized spacial score (nSPS) is 16.1. The van der Waals surface area contributed by atoms with Gasteiger partial charge >= 0.3 is 0 Å². The van der Waals surface area contributed by atoms with Crippen LogP contribution < -0.4 is 0 Å². The number of sulfonamides is 1. The van der Waals surface area contributed by atoms with Gasteiger partial charge in [0.15, 0.2) is 11.6 Å². The first-order chi connectivity index (χ1) is 12.0. The highest BCUT2D eigenvalue weighted by molar-refractivity contribution is 7.98. The molecule has 4 nitrogen and oxygen atoms in total. The zero-order chi connectivity index (χ0) is 17.9. The van der Waals surface area contributed by atoms with Crippen LogP contribution in [-0.2, 0) is 20.5 Å². The second-order valence-electron chi connectivity index (χ2n) is 5.53. The van der Waals surface area contributed by atoms with Gasteiger partial charge in [0.05, 0.1) is 18.1 Å². The molecule has 0 atom stereocenters. The van der Waals surface area contributed by atoms with Crippen LogP contribution in [0.4, 0.5) is 8.78 Å². The van der Waals surface area contributed by atoms with Crippen molar-refractivity contribution < 1.29 is 21.9 Å². The van der Waals surface area contributed by atoms with Crippen molar-refractivity contribution in [1.29, 1.82) is 0 Å². The van der Waals surface area contributed by atoms with Crippen LogP contribution in [0.5, 0.6) is 0 Å². The van der Waals surface area contributed by atoms with Gasteiger partial charge in [-0.25, -0.2) is 17.2 Å². The molecule has 0 saturated carbocycles. The van der Waals surface area contributed by atoms with E-state index < -0.39 is 21.7 Å². The third-order valence-electron chi connectivity index (χ3n) is 3.80. The summed E-state index contributed by atoms with van der Waals surface area (Å²) in [5, 5.41) is 0. The summed E-state index contributed by atoms with van der Waals surface area (Å²) < 4.78 is 58.2. The maximum atomic E-state index is 13.2. The Hall–Kier alpha value is -1.48. The minimum atomic E-state index is -3.55. The lowest BCUT2D eigenvalue weighted by Gasteiger charge is -2.26. The van der Waals surface area contributed by atoms with E-state index in [0.717, 1.165) is 17.7 Å². The molecule has 0 radical (unpaired) electrons. The van der Waals surface area contributed by atoms with E-state index >= 15 is 0 Å². The molecule has 0 aromatic heterocycles. The zero-order valence-corrected chi connectivity index (χ0v) is 15.0. The predicted octanol–water partition coefficient (Wildman–Crippen LogP) is 3.28. The van der Waals surface area contributed by atoms with E-state index in [1.807, 2.05) is 6.07 Å². The molecule has 0 aliphatic carbocycles. The number of nitrogens with zero attached hydrogens (tertiary/aromatic N) is 1. The maximum absolute atomic E-state index is 13.2. The van der Waals surface area contributed by atoms with E-state index in [-0.39, 0.29) is 4.90 Å². The van der Waals surface area contributed by atoms with Gasteiger partial charge in [-0.15, -0.1) is 11.8 Å². The van der Waals surface area contributed by atoms with Crippen LogP contribution >= 0.6 is 11.8 Å². The number of rotatable bonds is 5. The topological polar surface area (TPSA) is 46.6 Å². The van der Waals surface area contributed by atoms with E-state index in [9.17, 15) is 17.2 Å². The Morgan fingerprint density at radius 1 is 1.04 bits per heavy atom. The number of benzene rings is 2. The summed E-state index contributed by atoms with van der Waals surface area (Å²) in [4.78, 5) is 0.818. The molecule has 0 bridgehead atoms. The highest BCUT2D eigenvalue weighted by atomic mass is 32.2. The molecular formula is C17H17F2NO3S2. The van der Waals surface area contributed by atoms with Crippen LogP contribution in [0.1, 0.15) is 5.56 Å². The molecule has 1 aliphatic heterocycles. The fourth-order valence-electron chi connectivity index (χ4n) is 2.47. The highest BCUT2D eigenvalue weighted by Gasteiger charge is 2.26. The van der Waals surface area contributed by atoms with Crippen molar-refractivity contribution in [2.75, 3.05) is 26.3 Å². The van der Waals surface area contributed by atoms with E-state index in [0.29, 0.717) is 37.0 Å². The van der Waals surface area contributed by atoms with Crippen molar-refractivity contribution >= 4 is 21.8 Å². The van der Waals surface area contributed by atoms with Gasteiger partial charge in [-0.3, -0.25) is 0 Å².